The van der Waals surface area contributed by atoms with Gasteiger partial charge in [-0.15, -0.1) is 0 Å². The lowest BCUT2D eigenvalue weighted by Gasteiger charge is -2.27. The lowest BCUT2D eigenvalue weighted by molar-refractivity contribution is -0.273. The molecule has 2 aromatic rings. The Balaban J connectivity index is 2.54. The van der Waals surface area contributed by atoms with Gasteiger partial charge in [-0.05, 0) is 38.5 Å². The Labute approximate surface area is 111 Å². The second kappa shape index (κ2) is 5.42. The highest BCUT2D eigenvalue weighted by atomic mass is 17.1. The SMILES string of the molecule is CCN(c1ccc2c(C)cc(=O)oc2c1)C(C)OO. The number of rotatable bonds is 4. The number of benzene rings is 1. The van der Waals surface area contributed by atoms with Gasteiger partial charge in [0, 0.05) is 29.8 Å². The standard InChI is InChI=1S/C14H17NO4/c1-4-15(10(3)19-17)11-5-6-12-9(2)7-14(16)18-13(12)8-11/h5-8,10,17H,4H2,1-3H3. The topological polar surface area (TPSA) is 62.9 Å². The van der Waals surface area contributed by atoms with E-state index >= 15 is 0 Å². The van der Waals surface area contributed by atoms with Gasteiger partial charge in [0.05, 0.1) is 0 Å². The molecule has 102 valence electrons. The highest BCUT2D eigenvalue weighted by molar-refractivity contribution is 5.83. The van der Waals surface area contributed by atoms with Crippen molar-refractivity contribution in [2.45, 2.75) is 27.0 Å². The molecule has 0 spiro atoms. The van der Waals surface area contributed by atoms with Gasteiger partial charge in [0.25, 0.3) is 0 Å². The molecule has 5 heteroatoms. The van der Waals surface area contributed by atoms with Crippen molar-refractivity contribution in [3.8, 4) is 0 Å². The van der Waals surface area contributed by atoms with Crippen molar-refractivity contribution in [1.29, 1.82) is 0 Å². The molecule has 19 heavy (non-hydrogen) atoms. The summed E-state index contributed by atoms with van der Waals surface area (Å²) in [6.07, 6.45) is -0.473. The molecule has 1 heterocycles. The van der Waals surface area contributed by atoms with E-state index in [0.29, 0.717) is 12.1 Å². The predicted molar refractivity (Wildman–Crippen MR) is 73.4 cm³/mol. The molecule has 0 saturated heterocycles. The van der Waals surface area contributed by atoms with Gasteiger partial charge in [0.1, 0.15) is 5.58 Å². The van der Waals surface area contributed by atoms with E-state index in [1.54, 1.807) is 13.0 Å². The first-order chi connectivity index (χ1) is 9.06. The van der Waals surface area contributed by atoms with Crippen LogP contribution in [0.5, 0.6) is 0 Å². The van der Waals surface area contributed by atoms with Crippen molar-refractivity contribution in [2.75, 3.05) is 11.4 Å². The maximum atomic E-state index is 11.4. The van der Waals surface area contributed by atoms with Crippen LogP contribution in [0.15, 0.2) is 33.5 Å². The summed E-state index contributed by atoms with van der Waals surface area (Å²) in [6.45, 7) is 6.21. The molecule has 5 nitrogen and oxygen atoms in total. The fourth-order valence-electron chi connectivity index (χ4n) is 2.20. The van der Waals surface area contributed by atoms with E-state index in [2.05, 4.69) is 4.89 Å². The second-order valence-electron chi connectivity index (χ2n) is 4.42. The molecule has 1 aromatic heterocycles. The van der Waals surface area contributed by atoms with E-state index in [0.717, 1.165) is 16.6 Å². The quantitative estimate of drug-likeness (QED) is 0.398. The highest BCUT2D eigenvalue weighted by Crippen LogP contribution is 2.24. The second-order valence-corrected chi connectivity index (χ2v) is 4.42. The zero-order valence-corrected chi connectivity index (χ0v) is 11.2. The van der Waals surface area contributed by atoms with Crippen LogP contribution < -0.4 is 10.5 Å². The van der Waals surface area contributed by atoms with Gasteiger partial charge in [-0.25, -0.2) is 14.9 Å². The lowest BCUT2D eigenvalue weighted by Crippen LogP contribution is -2.34. The maximum absolute atomic E-state index is 11.4. The smallest absolute Gasteiger partial charge is 0.336 e. The lowest BCUT2D eigenvalue weighted by atomic mass is 10.1. The van der Waals surface area contributed by atoms with Gasteiger partial charge in [-0.2, -0.15) is 0 Å². The first-order valence-electron chi connectivity index (χ1n) is 6.18. The van der Waals surface area contributed by atoms with Crippen LogP contribution in [-0.4, -0.2) is 18.0 Å². The molecule has 0 saturated carbocycles. The summed E-state index contributed by atoms with van der Waals surface area (Å²) >= 11 is 0. The molecule has 2 rings (SSSR count). The Morgan fingerprint density at radius 1 is 1.42 bits per heavy atom. The van der Waals surface area contributed by atoms with Crippen molar-refractivity contribution in [3.05, 3.63) is 40.2 Å². The van der Waals surface area contributed by atoms with Gasteiger partial charge in [0.15, 0.2) is 6.23 Å². The van der Waals surface area contributed by atoms with Crippen molar-refractivity contribution in [1.82, 2.24) is 0 Å². The summed E-state index contributed by atoms with van der Waals surface area (Å²) in [7, 11) is 0. The fourth-order valence-corrected chi connectivity index (χ4v) is 2.20. The van der Waals surface area contributed by atoms with Crippen molar-refractivity contribution in [3.63, 3.8) is 0 Å². The molecule has 1 atom stereocenters. The molecular formula is C14H17NO4. The van der Waals surface area contributed by atoms with Crippen LogP contribution in [0.4, 0.5) is 5.69 Å². The molecule has 1 unspecified atom stereocenters. The largest absolute Gasteiger partial charge is 0.423 e. The van der Waals surface area contributed by atoms with Crippen LogP contribution in [-0.2, 0) is 4.89 Å². The minimum atomic E-state index is -0.473. The summed E-state index contributed by atoms with van der Waals surface area (Å²) in [4.78, 5) is 17.6. The van der Waals surface area contributed by atoms with E-state index in [-0.39, 0.29) is 5.63 Å². The maximum Gasteiger partial charge on any atom is 0.336 e. The molecule has 0 aliphatic rings. The van der Waals surface area contributed by atoms with Crippen LogP contribution in [0.2, 0.25) is 0 Å². The Kier molecular flexibility index (Phi) is 3.87. The third-order valence-electron chi connectivity index (χ3n) is 3.20. The molecule has 0 radical (unpaired) electrons. The Morgan fingerprint density at radius 3 is 2.79 bits per heavy atom. The monoisotopic (exact) mass is 263 g/mol. The van der Waals surface area contributed by atoms with Crippen LogP contribution in [0, 0.1) is 6.92 Å². The molecule has 0 fully saturated rings. The number of aryl methyl sites for hydroxylation is 1. The zero-order valence-electron chi connectivity index (χ0n) is 11.2. The minimum absolute atomic E-state index is 0.364. The summed E-state index contributed by atoms with van der Waals surface area (Å²) in [6, 6.07) is 7.06. The van der Waals surface area contributed by atoms with Gasteiger partial charge < -0.3 is 9.32 Å². The normalized spacial score (nSPS) is 12.6. The predicted octanol–water partition coefficient (Wildman–Crippen LogP) is 2.76. The Morgan fingerprint density at radius 2 is 2.16 bits per heavy atom. The average molecular weight is 263 g/mol. The number of hydrogen-bond donors (Lipinski definition) is 1. The van der Waals surface area contributed by atoms with E-state index < -0.39 is 6.23 Å². The van der Waals surface area contributed by atoms with Gasteiger partial charge >= 0.3 is 5.63 Å². The third kappa shape index (κ3) is 2.62. The molecule has 0 amide bonds. The number of hydrogen-bond acceptors (Lipinski definition) is 5. The molecular weight excluding hydrogens is 246 g/mol. The zero-order chi connectivity index (χ0) is 14.0. The first-order valence-corrected chi connectivity index (χ1v) is 6.18. The molecule has 1 N–H and O–H groups in total. The van der Waals surface area contributed by atoms with Gasteiger partial charge in [-0.1, -0.05) is 0 Å². The third-order valence-corrected chi connectivity index (χ3v) is 3.20. The Bertz CT molecular complexity index is 635. The summed E-state index contributed by atoms with van der Waals surface area (Å²) in [5.41, 5.74) is 1.88. The number of nitrogens with zero attached hydrogens (tertiary/aromatic N) is 1. The van der Waals surface area contributed by atoms with Crippen molar-refractivity contribution < 1.29 is 14.6 Å². The van der Waals surface area contributed by atoms with E-state index in [9.17, 15) is 4.79 Å². The van der Waals surface area contributed by atoms with Crippen molar-refractivity contribution >= 4 is 16.7 Å². The molecule has 0 aliphatic carbocycles. The average Bonchev–Trinajstić information content (AvgIpc) is 2.38. The van der Waals surface area contributed by atoms with Gasteiger partial charge in [-0.3, -0.25) is 0 Å². The van der Waals surface area contributed by atoms with Crippen LogP contribution in [0.1, 0.15) is 19.4 Å². The van der Waals surface area contributed by atoms with E-state index in [1.165, 1.54) is 6.07 Å². The first kappa shape index (κ1) is 13.6. The molecule has 0 aliphatic heterocycles. The number of anilines is 1. The summed E-state index contributed by atoms with van der Waals surface area (Å²) in [5, 5.41) is 9.68. The summed E-state index contributed by atoms with van der Waals surface area (Å²) < 4.78 is 5.21. The molecule has 0 bridgehead atoms. The van der Waals surface area contributed by atoms with E-state index in [1.807, 2.05) is 30.9 Å². The summed E-state index contributed by atoms with van der Waals surface area (Å²) in [5.74, 6) is 0. The minimum Gasteiger partial charge on any atom is -0.423 e. The van der Waals surface area contributed by atoms with Crippen molar-refractivity contribution in [2.24, 2.45) is 0 Å². The van der Waals surface area contributed by atoms with Crippen LogP contribution in [0.3, 0.4) is 0 Å². The van der Waals surface area contributed by atoms with Gasteiger partial charge in [0.2, 0.25) is 0 Å². The fraction of sp³-hybridized carbons (Fsp3) is 0.357. The van der Waals surface area contributed by atoms with E-state index in [4.69, 9.17) is 9.67 Å². The number of fused-ring (bicyclic) bond motifs is 1. The Hall–Kier alpha value is -1.85. The highest BCUT2D eigenvalue weighted by Gasteiger charge is 2.14. The molecule has 1 aromatic carbocycles. The van der Waals surface area contributed by atoms with Crippen LogP contribution in [0.25, 0.3) is 11.0 Å². The van der Waals surface area contributed by atoms with Crippen LogP contribution >= 0.6 is 0 Å².